The lowest BCUT2D eigenvalue weighted by atomic mass is 10.3. The number of carbonyl (C=O) groups excluding carboxylic acids is 1. The molecule has 5 heteroatoms. The lowest BCUT2D eigenvalue weighted by molar-refractivity contribution is -0.122. The van der Waals surface area contributed by atoms with Crippen LogP contribution in [0.5, 0.6) is 11.5 Å². The van der Waals surface area contributed by atoms with Crippen LogP contribution in [0.2, 0.25) is 0 Å². The predicted octanol–water partition coefficient (Wildman–Crippen LogP) is 2.40. The maximum Gasteiger partial charge on any atom is 0.258 e. The Morgan fingerprint density at radius 2 is 1.74 bits per heavy atom. The van der Waals surface area contributed by atoms with E-state index < -0.39 is 5.82 Å². The summed E-state index contributed by atoms with van der Waals surface area (Å²) in [5, 5.41) is 2.60. The molecule has 2 rings (SSSR count). The molecule has 23 heavy (non-hydrogen) atoms. The fourth-order valence-corrected chi connectivity index (χ4v) is 1.65. The van der Waals surface area contributed by atoms with Crippen molar-refractivity contribution in [1.29, 1.82) is 0 Å². The standard InChI is InChI=1S/C18H16FNO3/c19-16-10-4-5-11-17(16)22-13-7-6-12-20-18(21)14-23-15-8-2-1-3-9-15/h1-5,8-11H,12-14H2,(H,20,21). The number of carbonyl (C=O) groups is 1. The van der Waals surface area contributed by atoms with Crippen LogP contribution >= 0.6 is 0 Å². The number of nitrogens with one attached hydrogen (secondary N) is 1. The Balaban J connectivity index is 1.61. The molecule has 1 amide bonds. The molecule has 0 unspecified atom stereocenters. The van der Waals surface area contributed by atoms with Gasteiger partial charge < -0.3 is 14.8 Å². The number of para-hydroxylation sites is 2. The molecule has 0 heterocycles. The van der Waals surface area contributed by atoms with Crippen molar-refractivity contribution in [2.45, 2.75) is 0 Å². The Labute approximate surface area is 134 Å². The molecule has 0 aliphatic rings. The van der Waals surface area contributed by atoms with Gasteiger partial charge >= 0.3 is 0 Å². The van der Waals surface area contributed by atoms with Crippen LogP contribution in [-0.2, 0) is 4.79 Å². The Morgan fingerprint density at radius 1 is 1.00 bits per heavy atom. The summed E-state index contributed by atoms with van der Waals surface area (Å²) in [7, 11) is 0. The second kappa shape index (κ2) is 9.11. The zero-order valence-corrected chi connectivity index (χ0v) is 12.4. The molecular formula is C18H16FNO3. The molecule has 0 aliphatic heterocycles. The van der Waals surface area contributed by atoms with Crippen LogP contribution in [-0.4, -0.2) is 25.7 Å². The first-order valence-corrected chi connectivity index (χ1v) is 7.03. The number of ether oxygens (including phenoxy) is 2. The predicted molar refractivity (Wildman–Crippen MR) is 84.6 cm³/mol. The highest BCUT2D eigenvalue weighted by molar-refractivity contribution is 5.77. The number of hydrogen-bond donors (Lipinski definition) is 1. The van der Waals surface area contributed by atoms with E-state index in [0.29, 0.717) is 5.75 Å². The van der Waals surface area contributed by atoms with Crippen molar-refractivity contribution in [3.05, 3.63) is 60.4 Å². The van der Waals surface area contributed by atoms with E-state index in [1.807, 2.05) is 18.2 Å². The van der Waals surface area contributed by atoms with Crippen molar-refractivity contribution < 1.29 is 18.7 Å². The summed E-state index contributed by atoms with van der Waals surface area (Å²) in [5.74, 6) is 5.51. The molecule has 0 aromatic heterocycles. The minimum absolute atomic E-state index is 0.0529. The second-order valence-electron chi connectivity index (χ2n) is 4.45. The molecule has 0 atom stereocenters. The lowest BCUT2D eigenvalue weighted by Crippen LogP contribution is -2.29. The van der Waals surface area contributed by atoms with E-state index in [-0.39, 0.29) is 31.4 Å². The van der Waals surface area contributed by atoms with Crippen molar-refractivity contribution in [1.82, 2.24) is 5.32 Å². The van der Waals surface area contributed by atoms with Gasteiger partial charge in [-0.05, 0) is 24.3 Å². The molecule has 0 spiro atoms. The molecule has 0 fully saturated rings. The molecule has 0 aliphatic carbocycles. The van der Waals surface area contributed by atoms with E-state index in [1.54, 1.807) is 24.3 Å². The topological polar surface area (TPSA) is 47.6 Å². The Bertz CT molecular complexity index is 692. The van der Waals surface area contributed by atoms with Gasteiger partial charge in [-0.25, -0.2) is 4.39 Å². The molecule has 0 saturated heterocycles. The summed E-state index contributed by atoms with van der Waals surface area (Å²) >= 11 is 0. The highest BCUT2D eigenvalue weighted by Crippen LogP contribution is 2.14. The second-order valence-corrected chi connectivity index (χ2v) is 4.45. The van der Waals surface area contributed by atoms with Gasteiger partial charge in [-0.3, -0.25) is 4.79 Å². The molecule has 0 radical (unpaired) electrons. The van der Waals surface area contributed by atoms with E-state index >= 15 is 0 Å². The minimum atomic E-state index is -0.430. The van der Waals surface area contributed by atoms with Crippen LogP contribution in [0.1, 0.15) is 0 Å². The van der Waals surface area contributed by atoms with Crippen LogP contribution in [0.15, 0.2) is 54.6 Å². The van der Waals surface area contributed by atoms with Crippen LogP contribution in [0.3, 0.4) is 0 Å². The van der Waals surface area contributed by atoms with Gasteiger partial charge in [0.05, 0.1) is 6.54 Å². The molecule has 2 aromatic carbocycles. The monoisotopic (exact) mass is 313 g/mol. The van der Waals surface area contributed by atoms with Crippen LogP contribution in [0, 0.1) is 17.7 Å². The van der Waals surface area contributed by atoms with Gasteiger partial charge in [0.25, 0.3) is 5.91 Å². The average Bonchev–Trinajstić information content (AvgIpc) is 2.58. The molecule has 0 bridgehead atoms. The van der Waals surface area contributed by atoms with Gasteiger partial charge in [0.1, 0.15) is 12.4 Å². The number of hydrogen-bond acceptors (Lipinski definition) is 3. The van der Waals surface area contributed by atoms with Crippen LogP contribution in [0.25, 0.3) is 0 Å². The third kappa shape index (κ3) is 6.10. The van der Waals surface area contributed by atoms with Crippen molar-refractivity contribution in [3.63, 3.8) is 0 Å². The van der Waals surface area contributed by atoms with Crippen molar-refractivity contribution in [3.8, 4) is 23.3 Å². The average molecular weight is 313 g/mol. The van der Waals surface area contributed by atoms with Crippen molar-refractivity contribution in [2.24, 2.45) is 0 Å². The fraction of sp³-hybridized carbons (Fsp3) is 0.167. The number of rotatable bonds is 6. The highest BCUT2D eigenvalue weighted by Gasteiger charge is 2.01. The lowest BCUT2D eigenvalue weighted by Gasteiger charge is -2.05. The van der Waals surface area contributed by atoms with Crippen LogP contribution < -0.4 is 14.8 Å². The van der Waals surface area contributed by atoms with Gasteiger partial charge in [-0.1, -0.05) is 42.2 Å². The van der Waals surface area contributed by atoms with E-state index in [1.165, 1.54) is 12.1 Å². The first kappa shape index (κ1) is 16.4. The summed E-state index contributed by atoms with van der Waals surface area (Å²) < 4.78 is 23.7. The summed E-state index contributed by atoms with van der Waals surface area (Å²) in [6, 6.07) is 15.2. The Kier molecular flexibility index (Phi) is 6.48. The van der Waals surface area contributed by atoms with Gasteiger partial charge in [-0.15, -0.1) is 0 Å². The smallest absolute Gasteiger partial charge is 0.258 e. The van der Waals surface area contributed by atoms with Gasteiger partial charge in [-0.2, -0.15) is 0 Å². The van der Waals surface area contributed by atoms with E-state index in [4.69, 9.17) is 9.47 Å². The largest absolute Gasteiger partial charge is 0.484 e. The molecular weight excluding hydrogens is 297 g/mol. The third-order valence-corrected chi connectivity index (χ3v) is 2.75. The molecule has 4 nitrogen and oxygen atoms in total. The van der Waals surface area contributed by atoms with Gasteiger partial charge in [0.15, 0.2) is 18.2 Å². The summed E-state index contributed by atoms with van der Waals surface area (Å²) in [4.78, 5) is 11.5. The number of amides is 1. The Morgan fingerprint density at radius 3 is 2.52 bits per heavy atom. The van der Waals surface area contributed by atoms with E-state index in [2.05, 4.69) is 17.2 Å². The first-order chi connectivity index (χ1) is 11.3. The molecule has 0 saturated carbocycles. The summed E-state index contributed by atoms with van der Waals surface area (Å²) in [5.41, 5.74) is 0. The number of benzene rings is 2. The SMILES string of the molecule is O=C(COc1ccccc1)NCC#CCOc1ccccc1F. The quantitative estimate of drug-likeness (QED) is 0.833. The van der Waals surface area contributed by atoms with Gasteiger partial charge in [0, 0.05) is 0 Å². The van der Waals surface area contributed by atoms with E-state index in [9.17, 15) is 9.18 Å². The fourth-order valence-electron chi connectivity index (χ4n) is 1.65. The normalized spacial score (nSPS) is 9.43. The summed E-state index contributed by atoms with van der Waals surface area (Å²) in [6.45, 7) is 0.159. The van der Waals surface area contributed by atoms with Crippen molar-refractivity contribution in [2.75, 3.05) is 19.8 Å². The summed E-state index contributed by atoms with van der Waals surface area (Å²) in [6.07, 6.45) is 0. The van der Waals surface area contributed by atoms with Crippen molar-refractivity contribution >= 4 is 5.91 Å². The van der Waals surface area contributed by atoms with Gasteiger partial charge in [0.2, 0.25) is 0 Å². The molecule has 2 aromatic rings. The molecule has 118 valence electrons. The number of halogens is 1. The maximum atomic E-state index is 13.3. The maximum absolute atomic E-state index is 13.3. The third-order valence-electron chi connectivity index (χ3n) is 2.75. The van der Waals surface area contributed by atoms with Crippen LogP contribution in [0.4, 0.5) is 4.39 Å². The minimum Gasteiger partial charge on any atom is -0.484 e. The highest BCUT2D eigenvalue weighted by atomic mass is 19.1. The zero-order valence-electron chi connectivity index (χ0n) is 12.4. The Hall–Kier alpha value is -3.00. The first-order valence-electron chi connectivity index (χ1n) is 7.03. The molecule has 1 N–H and O–H groups in total. The zero-order chi connectivity index (χ0) is 16.3. The van der Waals surface area contributed by atoms with E-state index in [0.717, 1.165) is 0 Å².